The number of hydrogen-bond donors (Lipinski definition) is 0. The quantitative estimate of drug-likeness (QED) is 0.820. The van der Waals surface area contributed by atoms with Crippen molar-refractivity contribution >= 4 is 5.82 Å². The van der Waals surface area contributed by atoms with Crippen LogP contribution in [0.15, 0.2) is 42.6 Å². The number of anilines is 1. The molecule has 4 heteroatoms. The zero-order valence-corrected chi connectivity index (χ0v) is 10.5. The number of benzene rings is 1. The zero-order valence-electron chi connectivity index (χ0n) is 10.5. The van der Waals surface area contributed by atoms with Crippen molar-refractivity contribution in [1.82, 2.24) is 9.78 Å². The summed E-state index contributed by atoms with van der Waals surface area (Å²) in [5.41, 5.74) is 1.23. The van der Waals surface area contributed by atoms with E-state index in [4.69, 9.17) is 4.74 Å². The van der Waals surface area contributed by atoms with Gasteiger partial charge in [0.2, 0.25) is 0 Å². The third-order valence-electron chi connectivity index (χ3n) is 3.30. The molecule has 1 aromatic heterocycles. The first-order valence-electron chi connectivity index (χ1n) is 6.21. The highest BCUT2D eigenvalue weighted by molar-refractivity contribution is 5.41. The molecule has 1 fully saturated rings. The van der Waals surface area contributed by atoms with E-state index in [9.17, 15) is 0 Å². The summed E-state index contributed by atoms with van der Waals surface area (Å²) in [6, 6.07) is 12.3. The lowest BCUT2D eigenvalue weighted by atomic mass is 10.1. The normalized spacial score (nSPS) is 15.7. The maximum Gasteiger partial charge on any atom is 0.126 e. The molecule has 0 radical (unpaired) electrons. The molecule has 18 heavy (non-hydrogen) atoms. The molecule has 4 nitrogen and oxygen atoms in total. The fourth-order valence-electron chi connectivity index (χ4n) is 2.20. The van der Waals surface area contributed by atoms with E-state index < -0.39 is 0 Å². The molecule has 1 aliphatic rings. The van der Waals surface area contributed by atoms with Crippen molar-refractivity contribution in [3.63, 3.8) is 0 Å². The Hall–Kier alpha value is -1.81. The number of hydrogen-bond acceptors (Lipinski definition) is 3. The van der Waals surface area contributed by atoms with Crippen molar-refractivity contribution in [3.05, 3.63) is 48.2 Å². The van der Waals surface area contributed by atoms with Gasteiger partial charge in [0, 0.05) is 26.2 Å². The van der Waals surface area contributed by atoms with Gasteiger partial charge in [-0.2, -0.15) is 5.10 Å². The van der Waals surface area contributed by atoms with E-state index in [0.29, 0.717) is 12.7 Å². The summed E-state index contributed by atoms with van der Waals surface area (Å²) in [5.74, 6) is 1.16. The van der Waals surface area contributed by atoms with Crippen molar-refractivity contribution in [1.29, 1.82) is 0 Å². The highest BCUT2D eigenvalue weighted by atomic mass is 16.5. The standard InChI is InChI=1S/C14H17N3O/c1-16-14(7-8-15-16)17-9-13(10-17)18-11-12-5-3-2-4-6-12/h2-8,13H,9-11H2,1H3. The molecule has 1 saturated heterocycles. The molecule has 3 rings (SSSR count). The van der Waals surface area contributed by atoms with Gasteiger partial charge in [-0.05, 0) is 5.56 Å². The predicted molar refractivity (Wildman–Crippen MR) is 70.4 cm³/mol. The minimum Gasteiger partial charge on any atom is -0.370 e. The van der Waals surface area contributed by atoms with Crippen LogP contribution >= 0.6 is 0 Å². The predicted octanol–water partition coefficient (Wildman–Crippen LogP) is 1.83. The Morgan fingerprint density at radius 2 is 2.00 bits per heavy atom. The van der Waals surface area contributed by atoms with Crippen LogP contribution in [0.1, 0.15) is 5.56 Å². The van der Waals surface area contributed by atoms with E-state index in [1.165, 1.54) is 5.56 Å². The largest absolute Gasteiger partial charge is 0.370 e. The number of nitrogens with zero attached hydrogens (tertiary/aromatic N) is 3. The summed E-state index contributed by atoms with van der Waals surface area (Å²) >= 11 is 0. The Kier molecular flexibility index (Phi) is 3.02. The van der Waals surface area contributed by atoms with Gasteiger partial charge in [-0.3, -0.25) is 4.68 Å². The smallest absolute Gasteiger partial charge is 0.126 e. The fraction of sp³-hybridized carbons (Fsp3) is 0.357. The fourth-order valence-corrected chi connectivity index (χ4v) is 2.20. The summed E-state index contributed by atoms with van der Waals surface area (Å²) < 4.78 is 7.76. The monoisotopic (exact) mass is 243 g/mol. The molecule has 0 bridgehead atoms. The van der Waals surface area contributed by atoms with E-state index in [1.54, 1.807) is 0 Å². The lowest BCUT2D eigenvalue weighted by molar-refractivity contribution is 0.0218. The second-order valence-corrected chi connectivity index (χ2v) is 4.64. The van der Waals surface area contributed by atoms with Crippen molar-refractivity contribution in [2.24, 2.45) is 7.05 Å². The Morgan fingerprint density at radius 1 is 1.22 bits per heavy atom. The van der Waals surface area contributed by atoms with Gasteiger partial charge in [-0.15, -0.1) is 0 Å². The van der Waals surface area contributed by atoms with Crippen molar-refractivity contribution in [3.8, 4) is 0 Å². The first-order chi connectivity index (χ1) is 8.83. The van der Waals surface area contributed by atoms with Gasteiger partial charge in [-0.1, -0.05) is 30.3 Å². The van der Waals surface area contributed by atoms with E-state index in [-0.39, 0.29) is 0 Å². The lowest BCUT2D eigenvalue weighted by Crippen LogP contribution is -2.52. The van der Waals surface area contributed by atoms with Crippen LogP contribution in [0.3, 0.4) is 0 Å². The molecule has 0 N–H and O–H groups in total. The highest BCUT2D eigenvalue weighted by Gasteiger charge is 2.29. The second-order valence-electron chi connectivity index (χ2n) is 4.64. The Balaban J connectivity index is 1.47. The van der Waals surface area contributed by atoms with Crippen LogP contribution in [-0.4, -0.2) is 29.0 Å². The van der Waals surface area contributed by atoms with Gasteiger partial charge < -0.3 is 9.64 Å². The van der Waals surface area contributed by atoms with E-state index in [2.05, 4.69) is 22.1 Å². The maximum atomic E-state index is 5.86. The average Bonchev–Trinajstić information content (AvgIpc) is 2.75. The third kappa shape index (κ3) is 2.24. The van der Waals surface area contributed by atoms with Gasteiger partial charge in [0.25, 0.3) is 0 Å². The summed E-state index contributed by atoms with van der Waals surface area (Å²) in [7, 11) is 1.97. The average molecular weight is 243 g/mol. The highest BCUT2D eigenvalue weighted by Crippen LogP contribution is 2.21. The molecular formula is C14H17N3O. The summed E-state index contributed by atoms with van der Waals surface area (Å²) in [6.07, 6.45) is 2.16. The molecular weight excluding hydrogens is 226 g/mol. The molecule has 0 aliphatic carbocycles. The summed E-state index contributed by atoms with van der Waals surface area (Å²) in [5, 5.41) is 4.17. The first-order valence-corrected chi connectivity index (χ1v) is 6.21. The number of aromatic nitrogens is 2. The molecule has 94 valence electrons. The zero-order chi connectivity index (χ0) is 12.4. The van der Waals surface area contributed by atoms with Crippen LogP contribution in [0.2, 0.25) is 0 Å². The molecule has 2 aromatic rings. The van der Waals surface area contributed by atoms with Crippen molar-refractivity contribution < 1.29 is 4.74 Å². The molecule has 0 saturated carbocycles. The molecule has 0 unspecified atom stereocenters. The van der Waals surface area contributed by atoms with Gasteiger partial charge in [-0.25, -0.2) is 0 Å². The summed E-state index contributed by atoms with van der Waals surface area (Å²) in [4.78, 5) is 2.28. The minimum atomic E-state index is 0.333. The van der Waals surface area contributed by atoms with E-state index >= 15 is 0 Å². The van der Waals surface area contributed by atoms with Crippen LogP contribution in [0.5, 0.6) is 0 Å². The number of ether oxygens (including phenoxy) is 1. The Bertz CT molecular complexity index is 503. The van der Waals surface area contributed by atoms with E-state index in [1.807, 2.05) is 42.2 Å². The number of aryl methyl sites for hydroxylation is 1. The van der Waals surface area contributed by atoms with Crippen molar-refractivity contribution in [2.75, 3.05) is 18.0 Å². The minimum absolute atomic E-state index is 0.333. The molecule has 0 amide bonds. The molecule has 1 aliphatic heterocycles. The van der Waals surface area contributed by atoms with Crippen LogP contribution in [-0.2, 0) is 18.4 Å². The molecule has 0 spiro atoms. The summed E-state index contributed by atoms with van der Waals surface area (Å²) in [6.45, 7) is 2.60. The van der Waals surface area contributed by atoms with Crippen LogP contribution in [0.4, 0.5) is 5.82 Å². The molecule has 2 heterocycles. The molecule has 1 aromatic carbocycles. The van der Waals surface area contributed by atoms with Crippen molar-refractivity contribution in [2.45, 2.75) is 12.7 Å². The Labute approximate surface area is 107 Å². The van der Waals surface area contributed by atoms with Gasteiger partial charge >= 0.3 is 0 Å². The maximum absolute atomic E-state index is 5.86. The van der Waals surface area contributed by atoms with Gasteiger partial charge in [0.15, 0.2) is 0 Å². The van der Waals surface area contributed by atoms with Crippen LogP contribution in [0.25, 0.3) is 0 Å². The van der Waals surface area contributed by atoms with Crippen LogP contribution in [0, 0.1) is 0 Å². The topological polar surface area (TPSA) is 30.3 Å². The number of rotatable bonds is 4. The van der Waals surface area contributed by atoms with Gasteiger partial charge in [0.05, 0.1) is 18.9 Å². The van der Waals surface area contributed by atoms with E-state index in [0.717, 1.165) is 18.9 Å². The second kappa shape index (κ2) is 4.82. The Morgan fingerprint density at radius 3 is 2.67 bits per heavy atom. The SMILES string of the molecule is Cn1nccc1N1CC(OCc2ccccc2)C1. The van der Waals surface area contributed by atoms with Gasteiger partial charge in [0.1, 0.15) is 5.82 Å². The van der Waals surface area contributed by atoms with Crippen LogP contribution < -0.4 is 4.90 Å². The lowest BCUT2D eigenvalue weighted by Gasteiger charge is -2.40. The first kappa shape index (κ1) is 11.3. The third-order valence-corrected chi connectivity index (χ3v) is 3.30. The molecule has 0 atom stereocenters.